The topological polar surface area (TPSA) is 49.9 Å². The lowest BCUT2D eigenvalue weighted by Gasteiger charge is -2.41. The fraction of sp³-hybridized carbons (Fsp3) is 0.556. The highest BCUT2D eigenvalue weighted by Crippen LogP contribution is 2.34. The Morgan fingerprint density at radius 2 is 1.87 bits per heavy atom. The van der Waals surface area contributed by atoms with Crippen LogP contribution in [-0.4, -0.2) is 48.4 Å². The van der Waals surface area contributed by atoms with Crippen LogP contribution in [0.5, 0.6) is 5.75 Å². The maximum Gasteiger partial charge on any atom is 0.222 e. The molecule has 0 radical (unpaired) electrons. The minimum absolute atomic E-state index is 0.0557. The summed E-state index contributed by atoms with van der Waals surface area (Å²) in [6.07, 6.45) is 3.03. The van der Waals surface area contributed by atoms with Crippen molar-refractivity contribution in [2.45, 2.75) is 32.2 Å². The van der Waals surface area contributed by atoms with Gasteiger partial charge in [0.15, 0.2) is 0 Å². The van der Waals surface area contributed by atoms with E-state index in [4.69, 9.17) is 4.74 Å². The third-order valence-electron chi connectivity index (χ3n) is 4.80. The van der Waals surface area contributed by atoms with Gasteiger partial charge < -0.3 is 14.5 Å². The molecule has 1 saturated heterocycles. The van der Waals surface area contributed by atoms with Crippen molar-refractivity contribution in [1.29, 1.82) is 0 Å². The van der Waals surface area contributed by atoms with Crippen LogP contribution >= 0.6 is 0 Å². The van der Waals surface area contributed by atoms with Crippen molar-refractivity contribution < 1.29 is 14.3 Å². The molecule has 1 aromatic carbocycles. The second-order valence-electron chi connectivity index (χ2n) is 6.49. The summed E-state index contributed by atoms with van der Waals surface area (Å²) in [7, 11) is 1.63. The highest BCUT2D eigenvalue weighted by atomic mass is 16.5. The van der Waals surface area contributed by atoms with Crippen LogP contribution in [0.15, 0.2) is 24.3 Å². The van der Waals surface area contributed by atoms with E-state index in [9.17, 15) is 9.59 Å². The molecule has 1 aromatic rings. The predicted octanol–water partition coefficient (Wildman–Crippen LogP) is 2.23. The van der Waals surface area contributed by atoms with Crippen molar-refractivity contribution in [3.8, 4) is 5.75 Å². The number of carbonyl (C=O) groups excluding carboxylic acids is 2. The van der Waals surface area contributed by atoms with Gasteiger partial charge >= 0.3 is 0 Å². The van der Waals surface area contributed by atoms with E-state index in [0.717, 1.165) is 11.3 Å². The van der Waals surface area contributed by atoms with Gasteiger partial charge in [0, 0.05) is 33.0 Å². The molecule has 1 saturated carbocycles. The molecule has 2 amide bonds. The number of benzene rings is 1. The van der Waals surface area contributed by atoms with Crippen molar-refractivity contribution in [2.75, 3.05) is 26.7 Å². The molecule has 0 aromatic heterocycles. The molecule has 5 nitrogen and oxygen atoms in total. The molecule has 0 bridgehead atoms. The molecule has 124 valence electrons. The Balaban J connectivity index is 1.76. The van der Waals surface area contributed by atoms with Crippen LogP contribution in [0.25, 0.3) is 0 Å². The van der Waals surface area contributed by atoms with Gasteiger partial charge in [0.25, 0.3) is 0 Å². The van der Waals surface area contributed by atoms with Gasteiger partial charge in [0.1, 0.15) is 5.75 Å². The van der Waals surface area contributed by atoms with Crippen LogP contribution < -0.4 is 4.74 Å². The standard InChI is InChI=1S/C18H24N2O3/c1-13(21)20-10-9-19(18(22)11-14-3-4-14)12-17(20)15-5-7-16(23-2)8-6-15/h5-8,14,17H,3-4,9-12H2,1-2H3/t17-/m1/s1. The summed E-state index contributed by atoms with van der Waals surface area (Å²) in [5, 5.41) is 0. The van der Waals surface area contributed by atoms with Crippen LogP contribution in [0, 0.1) is 5.92 Å². The number of amides is 2. The lowest BCUT2D eigenvalue weighted by Crippen LogP contribution is -2.51. The van der Waals surface area contributed by atoms with E-state index in [1.165, 1.54) is 12.8 Å². The molecular formula is C18H24N2O3. The van der Waals surface area contributed by atoms with Gasteiger partial charge in [0.05, 0.1) is 13.2 Å². The maximum absolute atomic E-state index is 12.4. The molecule has 2 fully saturated rings. The number of hydrogen-bond donors (Lipinski definition) is 0. The average Bonchev–Trinajstić information content (AvgIpc) is 3.38. The highest BCUT2D eigenvalue weighted by molar-refractivity contribution is 5.78. The first kappa shape index (κ1) is 15.8. The lowest BCUT2D eigenvalue weighted by molar-refractivity contribution is -0.142. The summed E-state index contributed by atoms with van der Waals surface area (Å²) in [5.41, 5.74) is 1.05. The van der Waals surface area contributed by atoms with Crippen molar-refractivity contribution in [2.24, 2.45) is 5.92 Å². The quantitative estimate of drug-likeness (QED) is 0.856. The number of ether oxygens (including phenoxy) is 1. The third-order valence-corrected chi connectivity index (χ3v) is 4.80. The summed E-state index contributed by atoms with van der Waals surface area (Å²) >= 11 is 0. The van der Waals surface area contributed by atoms with Crippen molar-refractivity contribution in [3.63, 3.8) is 0 Å². The fourth-order valence-electron chi connectivity index (χ4n) is 3.20. The van der Waals surface area contributed by atoms with Gasteiger partial charge in [0.2, 0.25) is 11.8 Å². The first-order valence-corrected chi connectivity index (χ1v) is 8.27. The third kappa shape index (κ3) is 3.66. The first-order valence-electron chi connectivity index (χ1n) is 8.27. The first-order chi connectivity index (χ1) is 11.1. The van der Waals surface area contributed by atoms with E-state index in [1.54, 1.807) is 14.0 Å². The summed E-state index contributed by atoms with van der Waals surface area (Å²) in [4.78, 5) is 28.2. The van der Waals surface area contributed by atoms with E-state index in [2.05, 4.69) is 0 Å². The molecule has 1 aliphatic heterocycles. The van der Waals surface area contributed by atoms with Crippen molar-refractivity contribution in [1.82, 2.24) is 9.80 Å². The predicted molar refractivity (Wildman–Crippen MR) is 87.0 cm³/mol. The van der Waals surface area contributed by atoms with Gasteiger partial charge in [-0.1, -0.05) is 12.1 Å². The summed E-state index contributed by atoms with van der Waals surface area (Å²) in [6.45, 7) is 3.41. The highest BCUT2D eigenvalue weighted by Gasteiger charge is 2.34. The molecule has 1 aliphatic carbocycles. The van der Waals surface area contributed by atoms with E-state index >= 15 is 0 Å². The number of nitrogens with zero attached hydrogens (tertiary/aromatic N) is 2. The van der Waals surface area contributed by atoms with Crippen LogP contribution in [-0.2, 0) is 9.59 Å². The molecule has 1 heterocycles. The van der Waals surface area contributed by atoms with E-state index in [1.807, 2.05) is 34.1 Å². The number of rotatable bonds is 4. The van der Waals surface area contributed by atoms with Crippen molar-refractivity contribution >= 4 is 11.8 Å². The lowest BCUT2D eigenvalue weighted by atomic mass is 10.0. The van der Waals surface area contributed by atoms with Crippen LogP contribution in [0.1, 0.15) is 37.8 Å². The summed E-state index contributed by atoms with van der Waals surface area (Å²) in [5.74, 6) is 1.67. The van der Waals surface area contributed by atoms with E-state index < -0.39 is 0 Å². The summed E-state index contributed by atoms with van der Waals surface area (Å²) < 4.78 is 5.20. The fourth-order valence-corrected chi connectivity index (χ4v) is 3.20. The zero-order chi connectivity index (χ0) is 16.4. The van der Waals surface area contributed by atoms with Crippen LogP contribution in [0.4, 0.5) is 0 Å². The van der Waals surface area contributed by atoms with Gasteiger partial charge in [-0.2, -0.15) is 0 Å². The largest absolute Gasteiger partial charge is 0.497 e. The summed E-state index contributed by atoms with van der Waals surface area (Å²) in [6, 6.07) is 7.69. The Kier molecular flexibility index (Phi) is 4.55. The van der Waals surface area contributed by atoms with Gasteiger partial charge in [-0.25, -0.2) is 0 Å². The molecule has 5 heteroatoms. The van der Waals surface area contributed by atoms with Gasteiger partial charge in [-0.15, -0.1) is 0 Å². The minimum atomic E-state index is -0.0738. The zero-order valence-electron chi connectivity index (χ0n) is 13.8. The molecular weight excluding hydrogens is 292 g/mol. The Morgan fingerprint density at radius 3 is 2.43 bits per heavy atom. The van der Waals surface area contributed by atoms with E-state index in [-0.39, 0.29) is 17.9 Å². The average molecular weight is 316 g/mol. The monoisotopic (exact) mass is 316 g/mol. The SMILES string of the molecule is COc1ccc([C@H]2CN(C(=O)CC3CC3)CCN2C(C)=O)cc1. The van der Waals surface area contributed by atoms with Gasteiger partial charge in [-0.3, -0.25) is 9.59 Å². The number of hydrogen-bond acceptors (Lipinski definition) is 3. The van der Waals surface area contributed by atoms with E-state index in [0.29, 0.717) is 32.0 Å². The van der Waals surface area contributed by atoms with Crippen LogP contribution in [0.2, 0.25) is 0 Å². The Labute approximate surface area is 137 Å². The molecule has 2 aliphatic rings. The Morgan fingerprint density at radius 1 is 1.17 bits per heavy atom. The number of carbonyl (C=O) groups is 2. The second-order valence-corrected chi connectivity index (χ2v) is 6.49. The van der Waals surface area contributed by atoms with Crippen molar-refractivity contribution in [3.05, 3.63) is 29.8 Å². The number of piperazine rings is 1. The molecule has 0 N–H and O–H groups in total. The number of methoxy groups -OCH3 is 1. The molecule has 23 heavy (non-hydrogen) atoms. The minimum Gasteiger partial charge on any atom is -0.497 e. The smallest absolute Gasteiger partial charge is 0.222 e. The molecule has 0 spiro atoms. The zero-order valence-corrected chi connectivity index (χ0v) is 13.8. The molecule has 3 rings (SSSR count). The molecule has 1 atom stereocenters. The maximum atomic E-state index is 12.4. The Bertz CT molecular complexity index is 580. The second kappa shape index (κ2) is 6.60. The van der Waals surface area contributed by atoms with Crippen LogP contribution in [0.3, 0.4) is 0 Å². The van der Waals surface area contributed by atoms with Gasteiger partial charge in [-0.05, 0) is 36.5 Å². The normalized spacial score (nSPS) is 21.2. The Hall–Kier alpha value is -2.04. The molecule has 0 unspecified atom stereocenters.